The molecule has 6 aromatic carbocycles. The van der Waals surface area contributed by atoms with E-state index < -0.39 is 37.2 Å². The van der Waals surface area contributed by atoms with E-state index in [-0.39, 0.29) is 17.5 Å². The van der Waals surface area contributed by atoms with Crippen LogP contribution in [0.4, 0.5) is 0 Å². The summed E-state index contributed by atoms with van der Waals surface area (Å²) < 4.78 is 12.5. The summed E-state index contributed by atoms with van der Waals surface area (Å²) in [6.45, 7) is 4.47. The third kappa shape index (κ3) is 15.6. The first-order chi connectivity index (χ1) is 27.9. The SMILES string of the molecule is C.CCC[CH2][Sn]([CH2]c1ccccc1)([CH2]c1ccccc1)[CH](O)c1ccccc1.CCC[CH2][Sn]([CH2]c1ccccc1)([CH2]c1ccccc1)[O]C(=O)c1ccccc1.O=O. The van der Waals surface area contributed by atoms with Crippen molar-refractivity contribution in [3.8, 4) is 0 Å². The molecular weight excluding hydrogens is 930 g/mol. The van der Waals surface area contributed by atoms with Gasteiger partial charge in [-0.25, -0.2) is 0 Å². The first-order valence-corrected chi connectivity index (χ1v) is 35.2. The molecule has 58 heavy (non-hydrogen) atoms. The van der Waals surface area contributed by atoms with Gasteiger partial charge in [-0.2, -0.15) is 0 Å². The van der Waals surface area contributed by atoms with Crippen LogP contribution in [0.1, 0.15) is 89.3 Å². The predicted octanol–water partition coefficient (Wildman–Crippen LogP) is 12.9. The number of rotatable bonds is 18. The Kier molecular flexibility index (Phi) is 22.4. The molecule has 0 amide bonds. The topological polar surface area (TPSA) is 80.7 Å². The molecule has 6 aromatic rings. The van der Waals surface area contributed by atoms with Crippen LogP contribution in [0.25, 0.3) is 0 Å². The minimum Gasteiger partial charge on any atom is 0 e. The second-order valence-electron chi connectivity index (χ2n) is 15.0. The first-order valence-electron chi connectivity index (χ1n) is 20.3. The Balaban J connectivity index is 0.000000293. The van der Waals surface area contributed by atoms with E-state index in [4.69, 9.17) is 13.0 Å². The maximum atomic E-state index is 13.0. The zero-order valence-corrected chi connectivity index (χ0v) is 39.3. The van der Waals surface area contributed by atoms with Gasteiger partial charge in [0.1, 0.15) is 0 Å². The Morgan fingerprint density at radius 1 is 0.500 bits per heavy atom. The first kappa shape index (κ1) is 48.3. The van der Waals surface area contributed by atoms with E-state index in [0.29, 0.717) is 5.56 Å². The van der Waals surface area contributed by atoms with Crippen molar-refractivity contribution in [3.63, 3.8) is 0 Å². The molecule has 0 radical (unpaired) electrons. The predicted molar refractivity (Wildman–Crippen MR) is 248 cm³/mol. The molecule has 0 saturated carbocycles. The molecule has 1 N–H and O–H groups in total. The van der Waals surface area contributed by atoms with Gasteiger partial charge in [0.05, 0.1) is 0 Å². The van der Waals surface area contributed by atoms with Gasteiger partial charge in [-0.1, -0.05) is 7.43 Å². The van der Waals surface area contributed by atoms with Crippen LogP contribution < -0.4 is 0 Å². The van der Waals surface area contributed by atoms with Crippen LogP contribution in [0.3, 0.4) is 0 Å². The second-order valence-corrected chi connectivity index (χ2v) is 38.5. The fourth-order valence-electron chi connectivity index (χ4n) is 7.72. The summed E-state index contributed by atoms with van der Waals surface area (Å²) in [5.74, 6) is -0.153. The smallest absolute Gasteiger partial charge is 0 e. The van der Waals surface area contributed by atoms with Gasteiger partial charge in [0.25, 0.3) is 0 Å². The van der Waals surface area contributed by atoms with Crippen molar-refractivity contribution in [1.29, 1.82) is 0 Å². The maximum absolute atomic E-state index is 13.0. The van der Waals surface area contributed by atoms with Gasteiger partial charge in [0, 0.05) is 9.93 Å². The van der Waals surface area contributed by atoms with Crippen LogP contribution in [0.2, 0.25) is 8.87 Å². The van der Waals surface area contributed by atoms with Crippen molar-refractivity contribution in [2.24, 2.45) is 0 Å². The zero-order chi connectivity index (χ0) is 40.6. The Morgan fingerprint density at radius 3 is 1.21 bits per heavy atom. The fraction of sp³-hybridized carbons (Fsp3) is 0.275. The Bertz CT molecular complexity index is 1860. The molecule has 0 spiro atoms. The van der Waals surface area contributed by atoms with Crippen LogP contribution in [0, 0.1) is 9.93 Å². The Morgan fingerprint density at radius 2 is 0.828 bits per heavy atom. The summed E-state index contributed by atoms with van der Waals surface area (Å²) in [5.41, 5.74) is 7.10. The van der Waals surface area contributed by atoms with Gasteiger partial charge in [-0.3, -0.25) is 0 Å². The third-order valence-corrected chi connectivity index (χ3v) is 36.4. The summed E-state index contributed by atoms with van der Waals surface area (Å²) in [4.78, 5) is 27.0. The largest absolute Gasteiger partial charge is 0 e. The van der Waals surface area contributed by atoms with Crippen LogP contribution in [-0.2, 0) is 20.8 Å². The molecule has 7 heteroatoms. The Labute approximate surface area is 356 Å². The Hall–Kier alpha value is -4.05. The maximum Gasteiger partial charge on any atom is 0 e. The molecule has 1 atom stereocenters. The van der Waals surface area contributed by atoms with Crippen molar-refractivity contribution < 1.29 is 13.0 Å². The summed E-state index contributed by atoms with van der Waals surface area (Å²) in [7, 11) is 0. The van der Waals surface area contributed by atoms with Crippen LogP contribution in [-0.4, -0.2) is 48.2 Å². The molecule has 6 rings (SSSR count). The van der Waals surface area contributed by atoms with E-state index >= 15 is 0 Å². The molecule has 0 fully saturated rings. The number of benzene rings is 6. The van der Waals surface area contributed by atoms with Gasteiger partial charge >= 0.3 is 342 Å². The molecule has 1 unspecified atom stereocenters. The number of carbonyl (C=O) groups excluding carboxylic acids is 1. The molecule has 5 nitrogen and oxygen atoms in total. The molecule has 0 aliphatic rings. The monoisotopic (exact) mass is 994 g/mol. The summed E-state index contributed by atoms with van der Waals surface area (Å²) in [5, 5.41) is 11.7. The summed E-state index contributed by atoms with van der Waals surface area (Å²) in [6, 6.07) is 62.5. The quantitative estimate of drug-likeness (QED) is 0.0868. The van der Waals surface area contributed by atoms with Gasteiger partial charge in [0.15, 0.2) is 0 Å². The van der Waals surface area contributed by atoms with Crippen LogP contribution in [0.5, 0.6) is 0 Å². The molecule has 0 aliphatic carbocycles. The van der Waals surface area contributed by atoms with E-state index in [1.54, 1.807) is 0 Å². The number of carbonyl (C=O) groups is 1. The molecule has 0 aliphatic heterocycles. The molecule has 304 valence electrons. The summed E-state index contributed by atoms with van der Waals surface area (Å²) >= 11 is -6.37. The van der Waals surface area contributed by atoms with Crippen LogP contribution in [0.15, 0.2) is 182 Å². The van der Waals surface area contributed by atoms with Crippen molar-refractivity contribution in [3.05, 3.63) is 225 Å². The van der Waals surface area contributed by atoms with Gasteiger partial charge in [-0.15, -0.1) is 0 Å². The second kappa shape index (κ2) is 26.9. The van der Waals surface area contributed by atoms with E-state index in [9.17, 15) is 9.90 Å². The molecule has 0 bridgehead atoms. The minimum absolute atomic E-state index is 0. The van der Waals surface area contributed by atoms with Crippen molar-refractivity contribution in [1.82, 2.24) is 0 Å². The fourth-order valence-corrected chi connectivity index (χ4v) is 34.5. The van der Waals surface area contributed by atoms with Crippen molar-refractivity contribution >= 4 is 43.1 Å². The van der Waals surface area contributed by atoms with Gasteiger partial charge < -0.3 is 0 Å². The minimum atomic E-state index is -3.33. The van der Waals surface area contributed by atoms with Gasteiger partial charge in [-0.05, 0) is 0 Å². The molecular formula is C51H62O5Sn2. The van der Waals surface area contributed by atoms with Crippen LogP contribution >= 0.6 is 0 Å². The van der Waals surface area contributed by atoms with Crippen molar-refractivity contribution in [2.45, 2.75) is 77.7 Å². The van der Waals surface area contributed by atoms with E-state index in [1.165, 1.54) is 39.5 Å². The number of unbranched alkanes of at least 4 members (excludes halogenated alkanes) is 2. The number of hydrogen-bond acceptors (Lipinski definition) is 5. The zero-order valence-electron chi connectivity index (χ0n) is 33.5. The van der Waals surface area contributed by atoms with E-state index in [0.717, 1.165) is 40.6 Å². The number of aliphatic hydroxyl groups is 1. The average molecular weight is 992 g/mol. The molecule has 0 heterocycles. The van der Waals surface area contributed by atoms with Crippen molar-refractivity contribution in [2.75, 3.05) is 0 Å². The number of hydrogen-bond donors (Lipinski definition) is 1. The normalized spacial score (nSPS) is 11.4. The van der Waals surface area contributed by atoms with E-state index in [1.807, 2.05) is 48.5 Å². The molecule has 0 aromatic heterocycles. The average Bonchev–Trinajstić information content (AvgIpc) is 3.27. The number of aliphatic hydroxyl groups excluding tert-OH is 1. The summed E-state index contributed by atoms with van der Waals surface area (Å²) in [6.07, 6.45) is 4.62. The standard InChI is InChI=1S/C7H6O2.C7H7O.4C7H7.2C4H9.CH4.O2.2Sn/c8-7(9)6-4-2-1-3-5-6;8-6-7-4-2-1-3-5-7;4*1-7-5-3-2-4-6-7;2*1-3-4-2;;1-2;;/h1-5H,(H,8,9);1-6,8H;4*2-6H,1H2;2*1,3-4H2,2H3;1H4;;;/q;;;;;;;;;;;+1/p-1. The van der Waals surface area contributed by atoms with Gasteiger partial charge in [0.2, 0.25) is 0 Å². The third-order valence-electron chi connectivity index (χ3n) is 10.6. The van der Waals surface area contributed by atoms with E-state index in [2.05, 4.69) is 147 Å². The molecule has 0 saturated heterocycles.